The molecule has 1 aliphatic heterocycles. The third-order valence-corrected chi connectivity index (χ3v) is 3.98. The number of carbonyl (C=O) groups excluding carboxylic acids is 2. The van der Waals surface area contributed by atoms with E-state index in [1.54, 1.807) is 4.90 Å². The largest absolute Gasteiger partial charge is 0.550 e. The number of aliphatic carboxylic acids is 1. The van der Waals surface area contributed by atoms with E-state index in [0.29, 0.717) is 31.3 Å². The smallest absolute Gasteiger partial charge is 0.223 e. The summed E-state index contributed by atoms with van der Waals surface area (Å²) in [6, 6.07) is 5.57. The maximum atomic E-state index is 11.9. The Balaban J connectivity index is 2.06. The van der Waals surface area contributed by atoms with E-state index in [4.69, 9.17) is 9.47 Å². The summed E-state index contributed by atoms with van der Waals surface area (Å²) >= 11 is 0. The zero-order valence-electron chi connectivity index (χ0n) is 14.2. The van der Waals surface area contributed by atoms with Gasteiger partial charge in [-0.1, -0.05) is 19.4 Å². The van der Waals surface area contributed by atoms with Crippen LogP contribution < -0.4 is 14.6 Å². The van der Waals surface area contributed by atoms with E-state index >= 15 is 0 Å². The minimum Gasteiger partial charge on any atom is -0.550 e. The lowest BCUT2D eigenvalue weighted by Crippen LogP contribution is -2.33. The number of amides is 1. The lowest BCUT2D eigenvalue weighted by molar-refractivity contribution is -0.311. The number of hydrogen-bond donors (Lipinski definition) is 0. The second kappa shape index (κ2) is 8.57. The molecule has 1 fully saturated rings. The number of carboxylic acids is 1. The molecule has 132 valence electrons. The summed E-state index contributed by atoms with van der Waals surface area (Å²) in [5.41, 5.74) is 0.883. The zero-order chi connectivity index (χ0) is 17.5. The molecule has 1 aromatic carbocycles. The predicted octanol–water partition coefficient (Wildman–Crippen LogP) is 1.36. The van der Waals surface area contributed by atoms with Crippen molar-refractivity contribution in [2.45, 2.75) is 39.7 Å². The van der Waals surface area contributed by atoms with Gasteiger partial charge in [0.05, 0.1) is 13.2 Å². The molecule has 1 aliphatic rings. The van der Waals surface area contributed by atoms with Gasteiger partial charge in [0, 0.05) is 31.4 Å². The molecule has 0 unspecified atom stereocenters. The van der Waals surface area contributed by atoms with Crippen LogP contribution in [0.2, 0.25) is 0 Å². The highest BCUT2D eigenvalue weighted by atomic mass is 16.5. The van der Waals surface area contributed by atoms with Crippen molar-refractivity contribution in [3.8, 4) is 11.5 Å². The first-order valence-corrected chi connectivity index (χ1v) is 8.42. The molecule has 24 heavy (non-hydrogen) atoms. The fraction of sp³-hybridized carbons (Fsp3) is 0.556. The van der Waals surface area contributed by atoms with Gasteiger partial charge >= 0.3 is 0 Å². The lowest BCUT2D eigenvalue weighted by Gasteiger charge is -2.19. The van der Waals surface area contributed by atoms with Gasteiger partial charge in [0.25, 0.3) is 0 Å². The van der Waals surface area contributed by atoms with Crippen LogP contribution in [0, 0.1) is 5.92 Å². The molecular formula is C18H24NO5-. The Labute approximate surface area is 142 Å². The van der Waals surface area contributed by atoms with Gasteiger partial charge in [-0.15, -0.1) is 0 Å². The molecule has 0 radical (unpaired) electrons. The number of nitrogens with zero attached hydrogens (tertiary/aromatic N) is 1. The zero-order valence-corrected chi connectivity index (χ0v) is 14.2. The van der Waals surface area contributed by atoms with E-state index < -0.39 is 11.9 Å². The molecule has 0 spiro atoms. The number of unbranched alkanes of at least 4 members (excludes halogenated alkanes) is 1. The SMILES string of the molecule is CCCCOc1ccc(CN2C[C@@H](C(=O)[O-])CC2=O)cc1OCC. The van der Waals surface area contributed by atoms with Gasteiger partial charge in [0.2, 0.25) is 5.91 Å². The van der Waals surface area contributed by atoms with Crippen LogP contribution in [0.5, 0.6) is 11.5 Å². The maximum absolute atomic E-state index is 11.9. The molecule has 6 heteroatoms. The highest BCUT2D eigenvalue weighted by molar-refractivity contribution is 5.85. The first kappa shape index (κ1) is 18.1. The van der Waals surface area contributed by atoms with Gasteiger partial charge < -0.3 is 24.3 Å². The highest BCUT2D eigenvalue weighted by Gasteiger charge is 2.30. The van der Waals surface area contributed by atoms with E-state index in [2.05, 4.69) is 6.92 Å². The monoisotopic (exact) mass is 334 g/mol. The Bertz CT molecular complexity index is 587. The van der Waals surface area contributed by atoms with E-state index in [0.717, 1.165) is 18.4 Å². The third-order valence-electron chi connectivity index (χ3n) is 3.98. The van der Waals surface area contributed by atoms with E-state index in [-0.39, 0.29) is 18.9 Å². The molecule has 6 nitrogen and oxygen atoms in total. The number of benzene rings is 1. The summed E-state index contributed by atoms with van der Waals surface area (Å²) in [5.74, 6) is -0.713. The van der Waals surface area contributed by atoms with Crippen molar-refractivity contribution < 1.29 is 24.2 Å². The number of ether oxygens (including phenoxy) is 2. The number of rotatable bonds is 9. The Morgan fingerprint density at radius 2 is 2.08 bits per heavy atom. The van der Waals surface area contributed by atoms with Crippen LogP contribution in [-0.4, -0.2) is 36.5 Å². The highest BCUT2D eigenvalue weighted by Crippen LogP contribution is 2.30. The molecule has 1 amide bonds. The van der Waals surface area contributed by atoms with Gasteiger partial charge in [-0.3, -0.25) is 4.79 Å². The van der Waals surface area contributed by atoms with Crippen molar-refractivity contribution in [1.82, 2.24) is 4.90 Å². The van der Waals surface area contributed by atoms with E-state index in [1.165, 1.54) is 0 Å². The molecule has 0 N–H and O–H groups in total. The van der Waals surface area contributed by atoms with E-state index in [9.17, 15) is 14.7 Å². The van der Waals surface area contributed by atoms with Crippen LogP contribution in [0.15, 0.2) is 18.2 Å². The Morgan fingerprint density at radius 1 is 1.29 bits per heavy atom. The van der Waals surface area contributed by atoms with Gasteiger partial charge in [-0.2, -0.15) is 0 Å². The predicted molar refractivity (Wildman–Crippen MR) is 86.5 cm³/mol. The Hall–Kier alpha value is -2.24. The average molecular weight is 334 g/mol. The number of carboxylic acid groups (broad SMARTS) is 1. The van der Waals surface area contributed by atoms with Crippen molar-refractivity contribution in [3.63, 3.8) is 0 Å². The summed E-state index contributed by atoms with van der Waals surface area (Å²) < 4.78 is 11.4. The van der Waals surface area contributed by atoms with Gasteiger partial charge in [0.1, 0.15) is 0 Å². The van der Waals surface area contributed by atoms with Crippen molar-refractivity contribution in [2.24, 2.45) is 5.92 Å². The van der Waals surface area contributed by atoms with Gasteiger partial charge in [-0.05, 0) is 31.0 Å². The molecule has 1 saturated heterocycles. The van der Waals surface area contributed by atoms with Crippen molar-refractivity contribution in [1.29, 1.82) is 0 Å². The molecule has 0 aromatic heterocycles. The summed E-state index contributed by atoms with van der Waals surface area (Å²) in [4.78, 5) is 24.4. The lowest BCUT2D eigenvalue weighted by atomic mass is 10.1. The molecule has 0 saturated carbocycles. The van der Waals surface area contributed by atoms with Crippen LogP contribution in [0.3, 0.4) is 0 Å². The van der Waals surface area contributed by atoms with Crippen LogP contribution in [0.1, 0.15) is 38.7 Å². The van der Waals surface area contributed by atoms with E-state index in [1.807, 2.05) is 25.1 Å². The maximum Gasteiger partial charge on any atom is 0.223 e. The Kier molecular flexibility index (Phi) is 6.46. The minimum atomic E-state index is -1.17. The average Bonchev–Trinajstić information content (AvgIpc) is 2.91. The second-order valence-electron chi connectivity index (χ2n) is 5.91. The molecule has 1 heterocycles. The Morgan fingerprint density at radius 3 is 2.71 bits per heavy atom. The van der Waals surface area contributed by atoms with Crippen molar-refractivity contribution >= 4 is 11.9 Å². The van der Waals surface area contributed by atoms with Crippen molar-refractivity contribution in [3.05, 3.63) is 23.8 Å². The molecule has 1 atom stereocenters. The minimum absolute atomic E-state index is 0.0128. The van der Waals surface area contributed by atoms with Crippen LogP contribution in [-0.2, 0) is 16.1 Å². The molecular weight excluding hydrogens is 310 g/mol. The van der Waals surface area contributed by atoms with Crippen LogP contribution in [0.25, 0.3) is 0 Å². The topological polar surface area (TPSA) is 78.9 Å². The molecule has 0 aliphatic carbocycles. The normalized spacial score (nSPS) is 17.2. The number of hydrogen-bond acceptors (Lipinski definition) is 5. The summed E-state index contributed by atoms with van der Waals surface area (Å²) in [6.07, 6.45) is 2.04. The fourth-order valence-corrected chi connectivity index (χ4v) is 2.67. The quantitative estimate of drug-likeness (QED) is 0.637. The summed E-state index contributed by atoms with van der Waals surface area (Å²) in [7, 11) is 0. The first-order valence-electron chi connectivity index (χ1n) is 8.42. The molecule has 1 aromatic rings. The summed E-state index contributed by atoms with van der Waals surface area (Å²) in [5, 5.41) is 10.9. The first-order chi connectivity index (χ1) is 11.5. The van der Waals surface area contributed by atoms with Gasteiger partial charge in [-0.25, -0.2) is 0 Å². The van der Waals surface area contributed by atoms with Crippen molar-refractivity contribution in [2.75, 3.05) is 19.8 Å². The number of likely N-dealkylation sites (tertiary alicyclic amines) is 1. The van der Waals surface area contributed by atoms with Gasteiger partial charge in [0.15, 0.2) is 11.5 Å². The molecule has 0 bridgehead atoms. The van der Waals surface area contributed by atoms with Crippen LogP contribution >= 0.6 is 0 Å². The van der Waals surface area contributed by atoms with Crippen LogP contribution in [0.4, 0.5) is 0 Å². The second-order valence-corrected chi connectivity index (χ2v) is 5.91. The fourth-order valence-electron chi connectivity index (χ4n) is 2.67. The number of carbonyl (C=O) groups is 2. The molecule has 2 rings (SSSR count). The standard InChI is InChI=1S/C18H25NO5/c1-3-5-8-24-15-7-6-13(9-16(15)23-4-2)11-19-12-14(18(21)22)10-17(19)20/h6-7,9,14H,3-5,8,10-12H2,1-2H3,(H,21,22)/p-1/t14-/m0/s1. The summed E-state index contributed by atoms with van der Waals surface area (Å²) in [6.45, 7) is 5.70. The third kappa shape index (κ3) is 4.63.